The fourth-order valence-corrected chi connectivity index (χ4v) is 2.07. The van der Waals surface area contributed by atoms with Crippen LogP contribution in [0.3, 0.4) is 0 Å². The Labute approximate surface area is 102 Å². The molecule has 2 radical (unpaired) electrons. The normalized spacial score (nSPS) is 24.8. The van der Waals surface area contributed by atoms with Crippen molar-refractivity contribution in [1.29, 1.82) is 0 Å². The van der Waals surface area contributed by atoms with Gasteiger partial charge in [0.1, 0.15) is 18.4 Å². The van der Waals surface area contributed by atoms with Crippen molar-refractivity contribution in [2.45, 2.75) is 12.5 Å². The quantitative estimate of drug-likeness (QED) is 0.555. The average Bonchev–Trinajstić information content (AvgIpc) is 2.44. The van der Waals surface area contributed by atoms with E-state index < -0.39 is 5.54 Å². The van der Waals surface area contributed by atoms with Crippen molar-refractivity contribution in [3.05, 3.63) is 29.8 Å². The topological polar surface area (TPSA) is 41.6 Å². The van der Waals surface area contributed by atoms with E-state index >= 15 is 0 Å². The van der Waals surface area contributed by atoms with Crippen LogP contribution < -0.4 is 11.2 Å². The van der Waals surface area contributed by atoms with Gasteiger partial charge in [-0.05, 0) is 12.5 Å². The third-order valence-corrected chi connectivity index (χ3v) is 3.52. The van der Waals surface area contributed by atoms with E-state index in [0.29, 0.717) is 16.4 Å². The molecule has 1 aliphatic rings. The molecule has 5 heteroatoms. The summed E-state index contributed by atoms with van der Waals surface area (Å²) in [5, 5.41) is 0. The highest BCUT2D eigenvalue weighted by Crippen LogP contribution is 2.32. The fourth-order valence-electron chi connectivity index (χ4n) is 1.81. The van der Waals surface area contributed by atoms with Crippen LogP contribution in [-0.2, 0) is 5.54 Å². The molecule has 0 bridgehead atoms. The van der Waals surface area contributed by atoms with Crippen molar-refractivity contribution < 1.29 is 0 Å². The Morgan fingerprint density at radius 2 is 2.19 bits per heavy atom. The van der Waals surface area contributed by atoms with Crippen molar-refractivity contribution in [3.8, 4) is 0 Å². The van der Waals surface area contributed by atoms with Crippen LogP contribution in [0.1, 0.15) is 12.5 Å². The lowest BCUT2D eigenvalue weighted by atomic mass is 9.87. The third kappa shape index (κ3) is 1.51. The van der Waals surface area contributed by atoms with Gasteiger partial charge in [0.15, 0.2) is 5.96 Å². The second kappa shape index (κ2) is 3.59. The predicted molar refractivity (Wildman–Crippen MR) is 71.2 cm³/mol. The van der Waals surface area contributed by atoms with E-state index in [4.69, 9.17) is 25.8 Å². The van der Waals surface area contributed by atoms with Gasteiger partial charge in [-0.1, -0.05) is 41.9 Å². The molecular weight excluding hydrogens is 217 g/mol. The summed E-state index contributed by atoms with van der Waals surface area (Å²) in [7, 11) is 7.58. The van der Waals surface area contributed by atoms with Crippen LogP contribution in [0.25, 0.3) is 0 Å². The Bertz CT molecular complexity index is 486. The van der Waals surface area contributed by atoms with Crippen LogP contribution in [0, 0.1) is 0 Å². The van der Waals surface area contributed by atoms with Crippen LogP contribution >= 0.6 is 12.2 Å². The number of likely N-dealkylation sites (N-methyl/N-ethyl adjacent to an activating group) is 1. The molecule has 16 heavy (non-hydrogen) atoms. The smallest absolute Gasteiger partial charge is 0.197 e. The maximum Gasteiger partial charge on any atom is 0.197 e. The molecule has 1 heterocycles. The van der Waals surface area contributed by atoms with Crippen LogP contribution in [0.2, 0.25) is 0 Å². The average molecular weight is 229 g/mol. The van der Waals surface area contributed by atoms with E-state index in [9.17, 15) is 0 Å². The zero-order chi connectivity index (χ0) is 11.9. The van der Waals surface area contributed by atoms with E-state index in [1.165, 1.54) is 0 Å². The van der Waals surface area contributed by atoms with Crippen LogP contribution in [-0.4, -0.2) is 30.7 Å². The number of guanidine groups is 1. The summed E-state index contributed by atoms with van der Waals surface area (Å²) in [6.45, 7) is 1.94. The van der Waals surface area contributed by atoms with Gasteiger partial charge in [0, 0.05) is 7.05 Å². The summed E-state index contributed by atoms with van der Waals surface area (Å²) in [6.07, 6.45) is 0. The molecule has 1 aromatic rings. The number of hydrogen-bond donors (Lipinski definition) is 1. The largest absolute Gasteiger partial charge is 0.369 e. The van der Waals surface area contributed by atoms with Crippen LogP contribution in [0.5, 0.6) is 0 Å². The molecule has 0 aromatic heterocycles. The zero-order valence-corrected chi connectivity index (χ0v) is 10.1. The number of hydrogen-bond acceptors (Lipinski definition) is 3. The number of benzene rings is 1. The Kier molecular flexibility index (Phi) is 2.50. The number of rotatable bonds is 1. The van der Waals surface area contributed by atoms with Crippen molar-refractivity contribution in [1.82, 2.24) is 4.90 Å². The third-order valence-electron chi connectivity index (χ3n) is 2.85. The van der Waals surface area contributed by atoms with Gasteiger partial charge in [-0.3, -0.25) is 0 Å². The maximum atomic E-state index is 5.78. The molecule has 3 nitrogen and oxygen atoms in total. The molecule has 0 spiro atoms. The Morgan fingerprint density at radius 3 is 2.69 bits per heavy atom. The lowest BCUT2D eigenvalue weighted by molar-refractivity contribution is 0.666. The van der Waals surface area contributed by atoms with Gasteiger partial charge in [0.25, 0.3) is 0 Å². The second-order valence-electron chi connectivity index (χ2n) is 4.03. The summed E-state index contributed by atoms with van der Waals surface area (Å²) in [5.74, 6) is 0.440. The Hall–Kier alpha value is -1.36. The molecule has 0 saturated carbocycles. The standard InChI is InChI=1S/C11H12BN3S/c1-11(7-4-3-5-8(12)6-7)9(16)15(2)10(13)14-11/h3-6H,1-2H3,(H2,13,14). The first-order chi connectivity index (χ1) is 7.45. The minimum Gasteiger partial charge on any atom is -0.369 e. The minimum atomic E-state index is -0.580. The lowest BCUT2D eigenvalue weighted by Crippen LogP contribution is -2.37. The highest BCUT2D eigenvalue weighted by molar-refractivity contribution is 7.80. The molecule has 1 atom stereocenters. The van der Waals surface area contributed by atoms with Crippen molar-refractivity contribution >= 4 is 36.5 Å². The minimum absolute atomic E-state index is 0.440. The molecule has 0 amide bonds. The lowest BCUT2D eigenvalue weighted by Gasteiger charge is -2.23. The molecule has 0 saturated heterocycles. The van der Waals surface area contributed by atoms with Crippen molar-refractivity contribution in [3.63, 3.8) is 0 Å². The number of nitrogens with two attached hydrogens (primary N) is 1. The summed E-state index contributed by atoms with van der Waals surface area (Å²) in [4.78, 5) is 6.83. The first-order valence-corrected chi connectivity index (χ1v) is 5.35. The molecule has 0 aliphatic carbocycles. The molecule has 0 fully saturated rings. The first kappa shape index (κ1) is 11.1. The molecule has 2 N–H and O–H groups in total. The zero-order valence-electron chi connectivity index (χ0n) is 9.27. The second-order valence-corrected chi connectivity index (χ2v) is 4.42. The fraction of sp³-hybridized carbons (Fsp3) is 0.273. The highest BCUT2D eigenvalue weighted by Gasteiger charge is 2.39. The van der Waals surface area contributed by atoms with Gasteiger partial charge < -0.3 is 10.6 Å². The summed E-state index contributed by atoms with van der Waals surface area (Å²) in [5.41, 5.74) is 6.86. The number of thiocarbonyl (C=S) groups is 1. The van der Waals surface area contributed by atoms with Gasteiger partial charge in [0.05, 0.1) is 0 Å². The van der Waals surface area contributed by atoms with E-state index in [2.05, 4.69) is 4.99 Å². The Balaban J connectivity index is 2.52. The summed E-state index contributed by atoms with van der Waals surface area (Å²) >= 11 is 5.37. The SMILES string of the molecule is [B]c1cccc(C2(C)N=C(N)N(C)C2=S)c1. The molecule has 2 rings (SSSR count). The van der Waals surface area contributed by atoms with Gasteiger partial charge in [-0.2, -0.15) is 0 Å². The highest BCUT2D eigenvalue weighted by atomic mass is 32.1. The monoisotopic (exact) mass is 229 g/mol. The van der Waals surface area contributed by atoms with Gasteiger partial charge >= 0.3 is 0 Å². The summed E-state index contributed by atoms with van der Waals surface area (Å²) in [6, 6.07) is 7.56. The van der Waals surface area contributed by atoms with E-state index in [1.807, 2.05) is 38.2 Å². The van der Waals surface area contributed by atoms with E-state index in [0.717, 1.165) is 5.56 Å². The molecule has 1 unspecified atom stereocenters. The number of nitrogens with zero attached hydrogens (tertiary/aromatic N) is 2. The molecular formula is C11H12BN3S. The van der Waals surface area contributed by atoms with Gasteiger partial charge in [-0.15, -0.1) is 0 Å². The van der Waals surface area contributed by atoms with E-state index in [1.54, 1.807) is 4.90 Å². The first-order valence-electron chi connectivity index (χ1n) is 4.94. The predicted octanol–water partition coefficient (Wildman–Crippen LogP) is 0.283. The Morgan fingerprint density at radius 1 is 1.50 bits per heavy atom. The maximum absolute atomic E-state index is 5.78. The number of aliphatic imine (C=N–C) groups is 1. The molecule has 80 valence electrons. The van der Waals surface area contributed by atoms with Gasteiger partial charge in [0.2, 0.25) is 0 Å². The molecule has 1 aliphatic heterocycles. The van der Waals surface area contributed by atoms with Crippen molar-refractivity contribution in [2.24, 2.45) is 10.7 Å². The van der Waals surface area contributed by atoms with Crippen LogP contribution in [0.4, 0.5) is 0 Å². The van der Waals surface area contributed by atoms with E-state index in [-0.39, 0.29) is 0 Å². The summed E-state index contributed by atoms with van der Waals surface area (Å²) < 4.78 is 0. The molecule has 1 aromatic carbocycles. The van der Waals surface area contributed by atoms with Crippen LogP contribution in [0.15, 0.2) is 29.3 Å². The van der Waals surface area contributed by atoms with Crippen molar-refractivity contribution in [2.75, 3.05) is 7.05 Å². The van der Waals surface area contributed by atoms with Gasteiger partial charge in [-0.25, -0.2) is 4.99 Å².